The zero-order valence-corrected chi connectivity index (χ0v) is 13.4. The lowest BCUT2D eigenvalue weighted by Crippen LogP contribution is -2.45. The predicted molar refractivity (Wildman–Crippen MR) is 80.2 cm³/mol. The largest absolute Gasteiger partial charge is 0.352 e. The summed E-state index contributed by atoms with van der Waals surface area (Å²) in [5, 5.41) is 2.67. The van der Waals surface area contributed by atoms with Crippen LogP contribution in [-0.4, -0.2) is 31.4 Å². The maximum atomic E-state index is 12.2. The molecular formula is C15H27NO3S. The van der Waals surface area contributed by atoms with Crippen molar-refractivity contribution in [1.82, 2.24) is 5.32 Å². The molecule has 0 aromatic rings. The number of carbonyl (C=O) groups excluding carboxylic acids is 1. The summed E-state index contributed by atoms with van der Waals surface area (Å²) < 4.78 is 24.3. The summed E-state index contributed by atoms with van der Waals surface area (Å²) in [7, 11) is -3.25. The highest BCUT2D eigenvalue weighted by Gasteiger charge is 2.32. The molecule has 116 valence electrons. The number of hydrogen-bond acceptors (Lipinski definition) is 3. The van der Waals surface area contributed by atoms with Crippen molar-refractivity contribution < 1.29 is 13.2 Å². The third-order valence-electron chi connectivity index (χ3n) is 4.92. The summed E-state index contributed by atoms with van der Waals surface area (Å²) in [4.78, 5) is 12.0. The number of carbonyl (C=O) groups is 1. The Bertz CT molecular complexity index is 440. The van der Waals surface area contributed by atoms with E-state index < -0.39 is 9.84 Å². The van der Waals surface area contributed by atoms with E-state index in [9.17, 15) is 13.2 Å². The van der Waals surface area contributed by atoms with Crippen molar-refractivity contribution in [3.8, 4) is 0 Å². The lowest BCUT2D eigenvalue weighted by atomic mass is 9.80. The Morgan fingerprint density at radius 3 is 2.35 bits per heavy atom. The third-order valence-corrected chi connectivity index (χ3v) is 7.07. The zero-order valence-electron chi connectivity index (χ0n) is 12.6. The molecule has 4 nitrogen and oxygen atoms in total. The molecule has 1 amide bonds. The second-order valence-corrected chi connectivity index (χ2v) is 9.06. The topological polar surface area (TPSA) is 63.2 Å². The molecular weight excluding hydrogens is 274 g/mol. The van der Waals surface area contributed by atoms with Crippen LogP contribution >= 0.6 is 0 Å². The van der Waals surface area contributed by atoms with Gasteiger partial charge >= 0.3 is 0 Å². The van der Waals surface area contributed by atoms with Crippen LogP contribution in [-0.2, 0) is 14.6 Å². The van der Waals surface area contributed by atoms with Crippen molar-refractivity contribution in [3.05, 3.63) is 0 Å². The molecule has 2 aliphatic rings. The molecule has 0 aromatic carbocycles. The van der Waals surface area contributed by atoms with Crippen molar-refractivity contribution >= 4 is 15.7 Å². The van der Waals surface area contributed by atoms with E-state index in [1.807, 2.05) is 0 Å². The van der Waals surface area contributed by atoms with Gasteiger partial charge in [-0.15, -0.1) is 0 Å². The first-order chi connectivity index (χ1) is 9.38. The molecule has 0 aliphatic heterocycles. The first kappa shape index (κ1) is 15.8. The minimum absolute atomic E-state index is 0.150. The summed E-state index contributed by atoms with van der Waals surface area (Å²) in [5.41, 5.74) is 0. The van der Waals surface area contributed by atoms with Gasteiger partial charge in [0.1, 0.15) is 5.75 Å². The first-order valence-corrected chi connectivity index (χ1v) is 9.61. The van der Waals surface area contributed by atoms with Gasteiger partial charge in [0, 0.05) is 6.04 Å². The van der Waals surface area contributed by atoms with Gasteiger partial charge in [-0.25, -0.2) is 8.42 Å². The summed E-state index contributed by atoms with van der Waals surface area (Å²) in [5.74, 6) is 0.525. The van der Waals surface area contributed by atoms with Gasteiger partial charge in [0.2, 0.25) is 5.91 Å². The Morgan fingerprint density at radius 1 is 1.10 bits per heavy atom. The number of hydrogen-bond donors (Lipinski definition) is 1. The lowest BCUT2D eigenvalue weighted by molar-refractivity contribution is -0.120. The van der Waals surface area contributed by atoms with Gasteiger partial charge in [-0.1, -0.05) is 26.7 Å². The molecule has 0 unspecified atom stereocenters. The van der Waals surface area contributed by atoms with Gasteiger partial charge in [-0.3, -0.25) is 4.79 Å². The van der Waals surface area contributed by atoms with Crippen LogP contribution < -0.4 is 5.32 Å². The Balaban J connectivity index is 1.86. The van der Waals surface area contributed by atoms with Crippen LogP contribution in [0.5, 0.6) is 0 Å². The second kappa shape index (κ2) is 6.46. The molecule has 0 heterocycles. The number of sulfone groups is 1. The highest BCUT2D eigenvalue weighted by molar-refractivity contribution is 7.92. The molecule has 20 heavy (non-hydrogen) atoms. The fourth-order valence-corrected chi connectivity index (χ4v) is 5.41. The standard InChI is InChI=1S/C15H27NO3S/c1-11-7-8-14(12(2)9-11)16-15(17)10-20(18,19)13-5-3-4-6-13/h11-14H,3-10H2,1-2H3,(H,16,17)/t11-,12+,14+/m1/s1. The average Bonchev–Trinajstić information content (AvgIpc) is 2.86. The van der Waals surface area contributed by atoms with E-state index >= 15 is 0 Å². The molecule has 2 rings (SSSR count). The first-order valence-electron chi connectivity index (χ1n) is 7.89. The van der Waals surface area contributed by atoms with Gasteiger partial charge < -0.3 is 5.32 Å². The van der Waals surface area contributed by atoms with Crippen LogP contribution in [0.3, 0.4) is 0 Å². The van der Waals surface area contributed by atoms with E-state index in [1.54, 1.807) is 0 Å². The smallest absolute Gasteiger partial charge is 0.235 e. The predicted octanol–water partition coefficient (Wildman–Crippen LogP) is 2.28. The maximum absolute atomic E-state index is 12.2. The van der Waals surface area contributed by atoms with Crippen LogP contribution in [0, 0.1) is 11.8 Å². The van der Waals surface area contributed by atoms with Crippen LogP contribution in [0.1, 0.15) is 58.8 Å². The SMILES string of the molecule is C[C@@H]1CC[C@H](NC(=O)CS(=O)(=O)C2CCCC2)[C@@H](C)C1. The van der Waals surface area contributed by atoms with Gasteiger partial charge in [0.15, 0.2) is 9.84 Å². The van der Waals surface area contributed by atoms with Crippen molar-refractivity contribution in [1.29, 1.82) is 0 Å². The van der Waals surface area contributed by atoms with Crippen molar-refractivity contribution in [2.24, 2.45) is 11.8 Å². The van der Waals surface area contributed by atoms with E-state index in [-0.39, 0.29) is 23.0 Å². The highest BCUT2D eigenvalue weighted by atomic mass is 32.2. The van der Waals surface area contributed by atoms with Crippen LogP contribution in [0.2, 0.25) is 0 Å². The molecule has 5 heteroatoms. The van der Waals surface area contributed by atoms with Crippen LogP contribution in [0.15, 0.2) is 0 Å². The van der Waals surface area contributed by atoms with Crippen molar-refractivity contribution in [2.45, 2.75) is 70.1 Å². The van der Waals surface area contributed by atoms with Gasteiger partial charge in [-0.2, -0.15) is 0 Å². The van der Waals surface area contributed by atoms with E-state index in [1.165, 1.54) is 0 Å². The van der Waals surface area contributed by atoms with Crippen LogP contribution in [0.4, 0.5) is 0 Å². The minimum Gasteiger partial charge on any atom is -0.352 e. The summed E-state index contributed by atoms with van der Waals surface area (Å²) in [6.07, 6.45) is 6.61. The molecule has 0 aromatic heterocycles. The summed E-state index contributed by atoms with van der Waals surface area (Å²) in [6.45, 7) is 4.38. The number of nitrogens with one attached hydrogen (secondary N) is 1. The molecule has 3 atom stereocenters. The molecule has 2 saturated carbocycles. The van der Waals surface area contributed by atoms with E-state index in [0.717, 1.165) is 44.9 Å². The van der Waals surface area contributed by atoms with Gasteiger partial charge in [0.25, 0.3) is 0 Å². The molecule has 0 saturated heterocycles. The molecule has 2 aliphatic carbocycles. The Hall–Kier alpha value is -0.580. The minimum atomic E-state index is -3.25. The van der Waals surface area contributed by atoms with Gasteiger partial charge in [-0.05, 0) is 43.9 Å². The molecule has 0 spiro atoms. The summed E-state index contributed by atoms with van der Waals surface area (Å²) in [6, 6.07) is 0.150. The quantitative estimate of drug-likeness (QED) is 0.866. The molecule has 0 radical (unpaired) electrons. The lowest BCUT2D eigenvalue weighted by Gasteiger charge is -2.33. The molecule has 1 N–H and O–H groups in total. The van der Waals surface area contributed by atoms with E-state index in [0.29, 0.717) is 11.8 Å². The Kier molecular flexibility index (Phi) is 5.10. The third kappa shape index (κ3) is 3.96. The fourth-order valence-electron chi connectivity index (χ4n) is 3.68. The molecule has 2 fully saturated rings. The normalized spacial score (nSPS) is 32.2. The van der Waals surface area contributed by atoms with E-state index in [4.69, 9.17) is 0 Å². The monoisotopic (exact) mass is 301 g/mol. The molecule has 0 bridgehead atoms. The Labute approximate surface area is 122 Å². The number of rotatable bonds is 4. The van der Waals surface area contributed by atoms with Crippen molar-refractivity contribution in [2.75, 3.05) is 5.75 Å². The number of amides is 1. The second-order valence-electron chi connectivity index (χ2n) is 6.78. The van der Waals surface area contributed by atoms with Crippen LogP contribution in [0.25, 0.3) is 0 Å². The maximum Gasteiger partial charge on any atom is 0.235 e. The van der Waals surface area contributed by atoms with Crippen molar-refractivity contribution in [3.63, 3.8) is 0 Å². The van der Waals surface area contributed by atoms with E-state index in [2.05, 4.69) is 19.2 Å². The Morgan fingerprint density at radius 2 is 1.75 bits per heavy atom. The summed E-state index contributed by atoms with van der Waals surface area (Å²) >= 11 is 0. The fraction of sp³-hybridized carbons (Fsp3) is 0.933. The average molecular weight is 301 g/mol. The highest BCUT2D eigenvalue weighted by Crippen LogP contribution is 2.29. The van der Waals surface area contributed by atoms with Gasteiger partial charge in [0.05, 0.1) is 5.25 Å². The zero-order chi connectivity index (χ0) is 14.8.